The summed E-state index contributed by atoms with van der Waals surface area (Å²) in [6.07, 6.45) is 3.67. The van der Waals surface area contributed by atoms with Gasteiger partial charge in [0.05, 0.1) is 12.1 Å². The van der Waals surface area contributed by atoms with Crippen LogP contribution < -0.4 is 10.5 Å². The van der Waals surface area contributed by atoms with Crippen LogP contribution in [0.3, 0.4) is 0 Å². The fourth-order valence-corrected chi connectivity index (χ4v) is 1.30. The molecule has 2 nitrogen and oxygen atoms in total. The molecule has 0 spiro atoms. The van der Waals surface area contributed by atoms with Gasteiger partial charge in [0.25, 0.3) is 0 Å². The highest BCUT2D eigenvalue weighted by Gasteiger charge is 2.23. The summed E-state index contributed by atoms with van der Waals surface area (Å²) < 4.78 is 5.70. The summed E-state index contributed by atoms with van der Waals surface area (Å²) >= 11 is 0. The molecule has 0 heterocycles. The molecule has 16 heavy (non-hydrogen) atoms. The zero-order valence-electron chi connectivity index (χ0n) is 9.57. The second-order valence-electron chi connectivity index (χ2n) is 4.13. The molecule has 0 amide bonds. The SMILES string of the molecule is CCC(N)C#Cc1cccc(OC2CC2)c1. The first-order chi connectivity index (χ1) is 7.78. The molecule has 2 N–H and O–H groups in total. The van der Waals surface area contributed by atoms with Gasteiger partial charge in [0.15, 0.2) is 0 Å². The Morgan fingerprint density at radius 3 is 3.00 bits per heavy atom. The maximum absolute atomic E-state index is 5.74. The van der Waals surface area contributed by atoms with Crippen molar-refractivity contribution < 1.29 is 4.74 Å². The topological polar surface area (TPSA) is 35.2 Å². The molecule has 0 radical (unpaired) electrons. The Labute approximate surface area is 96.8 Å². The van der Waals surface area contributed by atoms with Gasteiger partial charge < -0.3 is 10.5 Å². The van der Waals surface area contributed by atoms with Gasteiger partial charge in [-0.25, -0.2) is 0 Å². The van der Waals surface area contributed by atoms with Gasteiger partial charge >= 0.3 is 0 Å². The molecule has 1 fully saturated rings. The van der Waals surface area contributed by atoms with Crippen molar-refractivity contribution in [2.75, 3.05) is 0 Å². The van der Waals surface area contributed by atoms with Gasteiger partial charge in [-0.05, 0) is 37.5 Å². The molecular formula is C14H17NO. The van der Waals surface area contributed by atoms with Crippen LogP contribution in [0.5, 0.6) is 5.75 Å². The van der Waals surface area contributed by atoms with E-state index in [1.54, 1.807) is 0 Å². The monoisotopic (exact) mass is 215 g/mol. The second kappa shape index (κ2) is 5.05. The van der Waals surface area contributed by atoms with E-state index in [1.807, 2.05) is 31.2 Å². The highest BCUT2D eigenvalue weighted by molar-refractivity contribution is 5.40. The zero-order chi connectivity index (χ0) is 11.4. The van der Waals surface area contributed by atoms with Crippen LogP contribution in [0.25, 0.3) is 0 Å². The number of rotatable bonds is 3. The predicted molar refractivity (Wildman–Crippen MR) is 65.2 cm³/mol. The standard InChI is InChI=1S/C14H17NO/c1-2-12(15)7-6-11-4-3-5-14(10-11)16-13-8-9-13/h3-5,10,12-13H,2,8-9,15H2,1H3. The van der Waals surface area contributed by atoms with Gasteiger partial charge in [0, 0.05) is 5.56 Å². The minimum atomic E-state index is -0.0343. The Morgan fingerprint density at radius 1 is 1.50 bits per heavy atom. The molecule has 1 aliphatic rings. The van der Waals surface area contributed by atoms with E-state index in [2.05, 4.69) is 11.8 Å². The lowest BCUT2D eigenvalue weighted by molar-refractivity contribution is 0.303. The molecule has 84 valence electrons. The van der Waals surface area contributed by atoms with Crippen molar-refractivity contribution in [3.8, 4) is 17.6 Å². The van der Waals surface area contributed by atoms with E-state index in [0.717, 1.165) is 17.7 Å². The van der Waals surface area contributed by atoms with Gasteiger partial charge in [0.1, 0.15) is 5.75 Å². The molecule has 1 aromatic rings. The van der Waals surface area contributed by atoms with Crippen LogP contribution in [-0.2, 0) is 0 Å². The molecule has 1 atom stereocenters. The van der Waals surface area contributed by atoms with Crippen molar-refractivity contribution in [2.45, 2.75) is 38.3 Å². The number of benzene rings is 1. The largest absolute Gasteiger partial charge is 0.490 e. The fraction of sp³-hybridized carbons (Fsp3) is 0.429. The normalized spacial score (nSPS) is 16.1. The lowest BCUT2D eigenvalue weighted by atomic mass is 10.2. The second-order valence-corrected chi connectivity index (χ2v) is 4.13. The average molecular weight is 215 g/mol. The van der Waals surface area contributed by atoms with E-state index >= 15 is 0 Å². The lowest BCUT2D eigenvalue weighted by Gasteiger charge is -2.03. The molecule has 0 saturated heterocycles. The molecule has 0 bridgehead atoms. The van der Waals surface area contributed by atoms with E-state index in [0.29, 0.717) is 6.10 Å². The molecule has 1 unspecified atom stereocenters. The van der Waals surface area contributed by atoms with Crippen LogP contribution in [0, 0.1) is 11.8 Å². The van der Waals surface area contributed by atoms with Gasteiger partial charge in [0.2, 0.25) is 0 Å². The number of hydrogen-bond donors (Lipinski definition) is 1. The third-order valence-electron chi connectivity index (χ3n) is 2.50. The molecule has 1 saturated carbocycles. The minimum absolute atomic E-state index is 0.0343. The van der Waals surface area contributed by atoms with E-state index in [9.17, 15) is 0 Å². The van der Waals surface area contributed by atoms with Crippen LogP contribution in [0.1, 0.15) is 31.7 Å². The summed E-state index contributed by atoms with van der Waals surface area (Å²) in [4.78, 5) is 0. The van der Waals surface area contributed by atoms with Gasteiger partial charge in [-0.15, -0.1) is 0 Å². The molecule has 2 rings (SSSR count). The fourth-order valence-electron chi connectivity index (χ4n) is 1.30. The third-order valence-corrected chi connectivity index (χ3v) is 2.50. The number of ether oxygens (including phenoxy) is 1. The zero-order valence-corrected chi connectivity index (χ0v) is 9.57. The Kier molecular flexibility index (Phi) is 3.48. The number of nitrogens with two attached hydrogens (primary N) is 1. The van der Waals surface area contributed by atoms with Crippen molar-refractivity contribution >= 4 is 0 Å². The Morgan fingerprint density at radius 2 is 2.31 bits per heavy atom. The maximum Gasteiger partial charge on any atom is 0.120 e. The van der Waals surface area contributed by atoms with Crippen molar-refractivity contribution in [3.05, 3.63) is 29.8 Å². The van der Waals surface area contributed by atoms with Gasteiger partial charge in [-0.2, -0.15) is 0 Å². The Bertz CT molecular complexity index is 412. The molecular weight excluding hydrogens is 198 g/mol. The molecule has 0 aromatic heterocycles. The smallest absolute Gasteiger partial charge is 0.120 e. The van der Waals surface area contributed by atoms with Crippen molar-refractivity contribution in [2.24, 2.45) is 5.73 Å². The van der Waals surface area contributed by atoms with Crippen LogP contribution in [0.2, 0.25) is 0 Å². The highest BCUT2D eigenvalue weighted by Crippen LogP contribution is 2.26. The first-order valence-electron chi connectivity index (χ1n) is 5.82. The summed E-state index contributed by atoms with van der Waals surface area (Å²) in [5.41, 5.74) is 6.72. The number of hydrogen-bond acceptors (Lipinski definition) is 2. The van der Waals surface area contributed by atoms with E-state index in [1.165, 1.54) is 12.8 Å². The van der Waals surface area contributed by atoms with Crippen LogP contribution >= 0.6 is 0 Å². The lowest BCUT2D eigenvalue weighted by Crippen LogP contribution is -2.15. The van der Waals surface area contributed by atoms with Gasteiger partial charge in [-0.3, -0.25) is 0 Å². The molecule has 1 aliphatic carbocycles. The van der Waals surface area contributed by atoms with E-state index in [-0.39, 0.29) is 6.04 Å². The first-order valence-corrected chi connectivity index (χ1v) is 5.82. The minimum Gasteiger partial charge on any atom is -0.490 e. The van der Waals surface area contributed by atoms with Gasteiger partial charge in [-0.1, -0.05) is 24.8 Å². The summed E-state index contributed by atoms with van der Waals surface area (Å²) in [5.74, 6) is 7.01. The average Bonchev–Trinajstić information content (AvgIpc) is 3.10. The Balaban J connectivity index is 2.04. The molecule has 1 aromatic carbocycles. The molecule has 2 heteroatoms. The summed E-state index contributed by atoms with van der Waals surface area (Å²) in [7, 11) is 0. The van der Waals surface area contributed by atoms with Crippen molar-refractivity contribution in [1.82, 2.24) is 0 Å². The van der Waals surface area contributed by atoms with E-state index in [4.69, 9.17) is 10.5 Å². The third kappa shape index (κ3) is 3.29. The van der Waals surface area contributed by atoms with Crippen molar-refractivity contribution in [1.29, 1.82) is 0 Å². The van der Waals surface area contributed by atoms with Crippen LogP contribution in [0.15, 0.2) is 24.3 Å². The van der Waals surface area contributed by atoms with E-state index < -0.39 is 0 Å². The predicted octanol–water partition coefficient (Wildman–Crippen LogP) is 2.32. The highest BCUT2D eigenvalue weighted by atomic mass is 16.5. The van der Waals surface area contributed by atoms with Crippen LogP contribution in [0.4, 0.5) is 0 Å². The molecule has 0 aliphatic heterocycles. The first kappa shape index (κ1) is 11.0. The van der Waals surface area contributed by atoms with Crippen molar-refractivity contribution in [3.63, 3.8) is 0 Å². The summed E-state index contributed by atoms with van der Waals surface area (Å²) in [6, 6.07) is 7.87. The van der Waals surface area contributed by atoms with Crippen LogP contribution in [-0.4, -0.2) is 12.1 Å². The Hall–Kier alpha value is -1.46. The summed E-state index contributed by atoms with van der Waals surface area (Å²) in [6.45, 7) is 2.03. The quantitative estimate of drug-likeness (QED) is 0.785. The maximum atomic E-state index is 5.74. The summed E-state index contributed by atoms with van der Waals surface area (Å²) in [5, 5.41) is 0.